The van der Waals surface area contributed by atoms with E-state index >= 15 is 0 Å². The summed E-state index contributed by atoms with van der Waals surface area (Å²) < 4.78 is 33.5. The molecule has 0 aliphatic heterocycles. The second kappa shape index (κ2) is 5.65. The van der Waals surface area contributed by atoms with Crippen LogP contribution in [-0.2, 0) is 14.8 Å². The number of nitrogens with one attached hydrogen (secondary N) is 1. The normalized spacial score (nSPS) is 10.9. The molecule has 0 heterocycles. The Balaban J connectivity index is 2.62. The van der Waals surface area contributed by atoms with Gasteiger partial charge in [-0.1, -0.05) is 12.1 Å². The fraction of sp³-hybridized carbons (Fsp3) is 0.300. The Bertz CT molecular complexity index is 497. The van der Waals surface area contributed by atoms with Gasteiger partial charge in [-0.05, 0) is 12.1 Å². The summed E-state index contributed by atoms with van der Waals surface area (Å²) in [6.45, 7) is -0.420. The first kappa shape index (κ1) is 13.5. The summed E-state index contributed by atoms with van der Waals surface area (Å²) in [5.41, 5.74) is 0. The van der Waals surface area contributed by atoms with Gasteiger partial charge in [0, 0.05) is 0 Å². The molecule has 0 saturated heterocycles. The average Bonchev–Trinajstić information content (AvgIpc) is 2.26. The monoisotopic (exact) mass is 259 g/mol. The van der Waals surface area contributed by atoms with Gasteiger partial charge in [0.1, 0.15) is 6.54 Å². The highest BCUT2D eigenvalue weighted by molar-refractivity contribution is 7.88. The molecular weight excluding hydrogens is 246 g/mol. The molecule has 7 heteroatoms. The van der Waals surface area contributed by atoms with Crippen LogP contribution >= 0.6 is 0 Å². The number of carbonyl (C=O) groups excluding carboxylic acids is 1. The fourth-order valence-electron chi connectivity index (χ4n) is 1.05. The van der Waals surface area contributed by atoms with Gasteiger partial charge in [0.2, 0.25) is 10.0 Å². The van der Waals surface area contributed by atoms with Crippen molar-refractivity contribution in [1.82, 2.24) is 4.72 Å². The van der Waals surface area contributed by atoms with Crippen molar-refractivity contribution in [2.45, 2.75) is 0 Å². The number of esters is 1. The van der Waals surface area contributed by atoms with Crippen molar-refractivity contribution in [3.05, 3.63) is 24.3 Å². The smallest absolute Gasteiger partial charge is 0.326 e. The molecule has 0 unspecified atom stereocenters. The Kier molecular flexibility index (Phi) is 4.47. The van der Waals surface area contributed by atoms with Crippen LogP contribution in [-0.4, -0.2) is 34.3 Å². The number of para-hydroxylation sites is 2. The molecule has 0 aliphatic carbocycles. The molecule has 1 aromatic carbocycles. The van der Waals surface area contributed by atoms with Gasteiger partial charge >= 0.3 is 5.97 Å². The molecule has 0 aliphatic rings. The van der Waals surface area contributed by atoms with E-state index in [4.69, 9.17) is 9.47 Å². The summed E-state index contributed by atoms with van der Waals surface area (Å²) >= 11 is 0. The summed E-state index contributed by atoms with van der Waals surface area (Å²) in [4.78, 5) is 11.3. The second-order valence-electron chi connectivity index (χ2n) is 3.22. The molecule has 1 aromatic rings. The van der Waals surface area contributed by atoms with Crippen molar-refractivity contribution in [3.8, 4) is 11.5 Å². The predicted molar refractivity (Wildman–Crippen MR) is 61.5 cm³/mol. The van der Waals surface area contributed by atoms with Gasteiger partial charge in [-0.15, -0.1) is 0 Å². The third kappa shape index (κ3) is 4.83. The summed E-state index contributed by atoms with van der Waals surface area (Å²) in [5, 5.41) is 0. The highest BCUT2D eigenvalue weighted by atomic mass is 32.2. The molecular formula is C10H13NO5S. The van der Waals surface area contributed by atoms with Crippen molar-refractivity contribution >= 4 is 16.0 Å². The lowest BCUT2D eigenvalue weighted by molar-refractivity contribution is -0.133. The topological polar surface area (TPSA) is 81.7 Å². The summed E-state index contributed by atoms with van der Waals surface area (Å²) in [6, 6.07) is 6.59. The highest BCUT2D eigenvalue weighted by Gasteiger charge is 2.11. The minimum atomic E-state index is -3.41. The van der Waals surface area contributed by atoms with E-state index in [1.54, 1.807) is 24.3 Å². The Morgan fingerprint density at radius 1 is 1.29 bits per heavy atom. The lowest BCUT2D eigenvalue weighted by atomic mass is 10.3. The van der Waals surface area contributed by atoms with Crippen molar-refractivity contribution in [3.63, 3.8) is 0 Å². The summed E-state index contributed by atoms with van der Waals surface area (Å²) in [6.07, 6.45) is 0.962. The first-order chi connectivity index (χ1) is 7.92. The fourth-order valence-corrected chi connectivity index (χ4v) is 1.43. The molecule has 0 fully saturated rings. The number of sulfonamides is 1. The maximum absolute atomic E-state index is 11.3. The van der Waals surface area contributed by atoms with Crippen LogP contribution in [0.5, 0.6) is 11.5 Å². The minimum Gasteiger partial charge on any atom is -0.493 e. The average molecular weight is 259 g/mol. The number of rotatable bonds is 5. The molecule has 0 bridgehead atoms. The Hall–Kier alpha value is -1.60. The third-order valence-corrected chi connectivity index (χ3v) is 2.44. The minimum absolute atomic E-state index is 0.246. The molecule has 94 valence electrons. The lowest BCUT2D eigenvalue weighted by Gasteiger charge is -2.08. The van der Waals surface area contributed by atoms with Crippen molar-refractivity contribution in [2.75, 3.05) is 19.9 Å². The standard InChI is InChI=1S/C10H13NO5S/c1-15-8-5-3-4-6-9(8)16-10(12)7-11-17(2,13)14/h3-6,11H,7H2,1-2H3. The molecule has 1 rings (SSSR count). The molecule has 6 nitrogen and oxygen atoms in total. The zero-order valence-corrected chi connectivity index (χ0v) is 10.3. The maximum atomic E-state index is 11.3. The number of ether oxygens (including phenoxy) is 2. The number of methoxy groups -OCH3 is 1. The highest BCUT2D eigenvalue weighted by Crippen LogP contribution is 2.25. The van der Waals surface area contributed by atoms with Crippen LogP contribution in [0.2, 0.25) is 0 Å². The van der Waals surface area contributed by atoms with E-state index < -0.39 is 22.5 Å². The lowest BCUT2D eigenvalue weighted by Crippen LogP contribution is -2.31. The zero-order valence-electron chi connectivity index (χ0n) is 9.47. The van der Waals surface area contributed by atoms with Gasteiger partial charge in [-0.2, -0.15) is 0 Å². The van der Waals surface area contributed by atoms with Crippen LogP contribution in [0.25, 0.3) is 0 Å². The van der Waals surface area contributed by atoms with Gasteiger partial charge in [0.25, 0.3) is 0 Å². The maximum Gasteiger partial charge on any atom is 0.326 e. The summed E-state index contributed by atoms with van der Waals surface area (Å²) in [7, 11) is -1.96. The SMILES string of the molecule is COc1ccccc1OC(=O)CNS(C)(=O)=O. The Morgan fingerprint density at radius 3 is 2.41 bits per heavy atom. The van der Waals surface area contributed by atoms with Gasteiger partial charge in [0.15, 0.2) is 11.5 Å². The largest absolute Gasteiger partial charge is 0.493 e. The zero-order chi connectivity index (χ0) is 12.9. The van der Waals surface area contributed by atoms with E-state index in [9.17, 15) is 13.2 Å². The molecule has 1 N–H and O–H groups in total. The number of benzene rings is 1. The molecule has 0 atom stereocenters. The number of carbonyl (C=O) groups is 1. The van der Waals surface area contributed by atoms with E-state index in [1.165, 1.54) is 7.11 Å². The van der Waals surface area contributed by atoms with Crippen LogP contribution < -0.4 is 14.2 Å². The van der Waals surface area contributed by atoms with Gasteiger partial charge in [0.05, 0.1) is 13.4 Å². The molecule has 0 saturated carbocycles. The van der Waals surface area contributed by atoms with Crippen molar-refractivity contribution in [2.24, 2.45) is 0 Å². The molecule has 17 heavy (non-hydrogen) atoms. The van der Waals surface area contributed by atoms with E-state index in [0.717, 1.165) is 6.26 Å². The van der Waals surface area contributed by atoms with Crippen molar-refractivity contribution < 1.29 is 22.7 Å². The second-order valence-corrected chi connectivity index (χ2v) is 5.05. The quantitative estimate of drug-likeness (QED) is 0.601. The van der Waals surface area contributed by atoms with E-state index in [2.05, 4.69) is 0 Å². The molecule has 0 spiro atoms. The summed E-state index contributed by atoms with van der Waals surface area (Å²) in [5.74, 6) is -0.0598. The Labute approximate surface area is 99.6 Å². The van der Waals surface area contributed by atoms with E-state index in [1.807, 2.05) is 4.72 Å². The Morgan fingerprint density at radius 2 is 1.88 bits per heavy atom. The first-order valence-corrected chi connectivity index (χ1v) is 6.60. The van der Waals surface area contributed by atoms with Crippen LogP contribution in [0.1, 0.15) is 0 Å². The molecule has 0 aromatic heterocycles. The third-order valence-electron chi connectivity index (χ3n) is 1.77. The van der Waals surface area contributed by atoms with Crippen LogP contribution in [0, 0.1) is 0 Å². The number of hydrogen-bond acceptors (Lipinski definition) is 5. The van der Waals surface area contributed by atoms with Crippen LogP contribution in [0.15, 0.2) is 24.3 Å². The first-order valence-electron chi connectivity index (χ1n) is 4.70. The van der Waals surface area contributed by atoms with Gasteiger partial charge in [-0.3, -0.25) is 4.79 Å². The van der Waals surface area contributed by atoms with Gasteiger partial charge < -0.3 is 9.47 Å². The van der Waals surface area contributed by atoms with Crippen LogP contribution in [0.4, 0.5) is 0 Å². The predicted octanol–water partition coefficient (Wildman–Crippen LogP) is 0.150. The van der Waals surface area contributed by atoms with E-state index in [-0.39, 0.29) is 5.75 Å². The van der Waals surface area contributed by atoms with Crippen molar-refractivity contribution in [1.29, 1.82) is 0 Å². The number of hydrogen-bond donors (Lipinski definition) is 1. The van der Waals surface area contributed by atoms with E-state index in [0.29, 0.717) is 5.75 Å². The molecule has 0 radical (unpaired) electrons. The van der Waals surface area contributed by atoms with Crippen LogP contribution in [0.3, 0.4) is 0 Å². The molecule has 0 amide bonds. The van der Waals surface area contributed by atoms with Gasteiger partial charge in [-0.25, -0.2) is 13.1 Å².